The molecule has 3 atom stereocenters. The third kappa shape index (κ3) is 4.79. The van der Waals surface area contributed by atoms with Crippen molar-refractivity contribution in [3.05, 3.63) is 47.7 Å². The number of rotatable bonds is 4. The van der Waals surface area contributed by atoms with E-state index in [4.69, 9.17) is 0 Å². The van der Waals surface area contributed by atoms with Crippen LogP contribution < -0.4 is 5.32 Å². The lowest BCUT2D eigenvalue weighted by molar-refractivity contribution is -0.175. The van der Waals surface area contributed by atoms with Gasteiger partial charge in [-0.05, 0) is 30.2 Å². The molecule has 2 aromatic rings. The highest BCUT2D eigenvalue weighted by Crippen LogP contribution is 2.44. The molecule has 1 amide bonds. The fraction of sp³-hybridized carbons (Fsp3) is 0.583. The molecule has 0 spiro atoms. The lowest BCUT2D eigenvalue weighted by atomic mass is 9.82. The second-order valence-corrected chi connectivity index (χ2v) is 10.1. The average Bonchev–Trinajstić information content (AvgIpc) is 3.37. The topological polar surface area (TPSA) is 50.2 Å². The van der Waals surface area contributed by atoms with Crippen molar-refractivity contribution >= 4 is 11.7 Å². The smallest absolute Gasteiger partial charge is 0.367 e. The summed E-state index contributed by atoms with van der Waals surface area (Å²) in [5.41, 5.74) is 1.44. The van der Waals surface area contributed by atoms with Crippen LogP contribution in [0.15, 0.2) is 36.4 Å². The van der Waals surface area contributed by atoms with Gasteiger partial charge in [0.15, 0.2) is 6.04 Å². The third-order valence-electron chi connectivity index (χ3n) is 6.68. The summed E-state index contributed by atoms with van der Waals surface area (Å²) < 4.78 is 42.6. The minimum absolute atomic E-state index is 0.0439. The highest BCUT2D eigenvalue weighted by molar-refractivity contribution is 5.76. The summed E-state index contributed by atoms with van der Waals surface area (Å²) >= 11 is 0. The van der Waals surface area contributed by atoms with Crippen LogP contribution in [-0.2, 0) is 11.2 Å². The fourth-order valence-corrected chi connectivity index (χ4v) is 4.64. The molecule has 1 aromatic carbocycles. The number of nitrogens with one attached hydrogen (secondary N) is 1. The second-order valence-electron chi connectivity index (χ2n) is 10.1. The molecule has 0 radical (unpaired) electrons. The second kappa shape index (κ2) is 8.45. The number of aryl methyl sites for hydroxylation is 1. The molecule has 4 rings (SSSR count). The van der Waals surface area contributed by atoms with Crippen LogP contribution in [0.2, 0.25) is 0 Å². The Morgan fingerprint density at radius 2 is 1.91 bits per heavy atom. The Labute approximate surface area is 187 Å². The summed E-state index contributed by atoms with van der Waals surface area (Å²) in [7, 11) is 0. The zero-order valence-corrected chi connectivity index (χ0v) is 18.8. The SMILES string of the molecule is CC(C)(C)C1CC(C(F)(F)F)n2nc(C3CCN(C(=O)CCc4ccccc4)C3)cc2N1. The van der Waals surface area contributed by atoms with Crippen molar-refractivity contribution in [2.24, 2.45) is 5.41 Å². The van der Waals surface area contributed by atoms with Gasteiger partial charge in [-0.2, -0.15) is 18.3 Å². The first-order valence-electron chi connectivity index (χ1n) is 11.3. The molecule has 1 N–H and O–H groups in total. The Morgan fingerprint density at radius 1 is 1.19 bits per heavy atom. The molecular formula is C24H31F3N4O. The van der Waals surface area contributed by atoms with Gasteiger partial charge in [0.05, 0.1) is 5.69 Å². The van der Waals surface area contributed by atoms with E-state index >= 15 is 0 Å². The zero-order valence-electron chi connectivity index (χ0n) is 18.8. The van der Waals surface area contributed by atoms with Crippen LogP contribution >= 0.6 is 0 Å². The minimum Gasteiger partial charge on any atom is -0.367 e. The Bertz CT molecular complexity index is 948. The van der Waals surface area contributed by atoms with Gasteiger partial charge in [0, 0.05) is 37.5 Å². The van der Waals surface area contributed by atoms with Crippen molar-refractivity contribution in [3.8, 4) is 0 Å². The summed E-state index contributed by atoms with van der Waals surface area (Å²) in [5, 5.41) is 7.66. The van der Waals surface area contributed by atoms with Gasteiger partial charge in [0.1, 0.15) is 5.82 Å². The maximum atomic E-state index is 13.8. The number of alkyl halides is 3. The normalized spacial score (nSPS) is 23.7. The molecule has 32 heavy (non-hydrogen) atoms. The summed E-state index contributed by atoms with van der Waals surface area (Å²) in [6.45, 7) is 6.95. The van der Waals surface area contributed by atoms with E-state index in [0.29, 0.717) is 43.9 Å². The molecule has 2 aliphatic heterocycles. The molecule has 1 fully saturated rings. The lowest BCUT2D eigenvalue weighted by Gasteiger charge is -2.39. The Morgan fingerprint density at radius 3 is 2.56 bits per heavy atom. The van der Waals surface area contributed by atoms with Gasteiger partial charge in [0.2, 0.25) is 5.91 Å². The van der Waals surface area contributed by atoms with E-state index in [1.165, 1.54) is 0 Å². The van der Waals surface area contributed by atoms with Crippen molar-refractivity contribution in [1.82, 2.24) is 14.7 Å². The number of likely N-dealkylation sites (tertiary alicyclic amines) is 1. The standard InChI is InChI=1S/C24H31F3N4O/c1-23(2,3)19-14-20(24(25,26)27)31-21(28-19)13-18(29-31)17-11-12-30(15-17)22(32)10-9-16-7-5-4-6-8-16/h4-8,13,17,19-20,28H,9-12,14-15H2,1-3H3. The van der Waals surface area contributed by atoms with Crippen LogP contribution in [-0.4, -0.2) is 45.9 Å². The molecule has 3 heterocycles. The number of nitrogens with zero attached hydrogens (tertiary/aromatic N) is 3. The number of carbonyl (C=O) groups excluding carboxylic acids is 1. The van der Waals surface area contributed by atoms with Crippen molar-refractivity contribution < 1.29 is 18.0 Å². The number of hydrogen-bond donors (Lipinski definition) is 1. The van der Waals surface area contributed by atoms with Gasteiger partial charge in [-0.25, -0.2) is 4.68 Å². The van der Waals surface area contributed by atoms with Crippen LogP contribution in [0.5, 0.6) is 0 Å². The van der Waals surface area contributed by atoms with Gasteiger partial charge in [-0.3, -0.25) is 4.79 Å². The average molecular weight is 449 g/mol. The molecule has 1 aromatic heterocycles. The monoisotopic (exact) mass is 448 g/mol. The van der Waals surface area contributed by atoms with Crippen molar-refractivity contribution in [3.63, 3.8) is 0 Å². The summed E-state index contributed by atoms with van der Waals surface area (Å²) in [5.74, 6) is 0.458. The number of fused-ring (bicyclic) bond motifs is 1. The lowest BCUT2D eigenvalue weighted by Crippen LogP contribution is -2.44. The highest BCUT2D eigenvalue weighted by atomic mass is 19.4. The first-order chi connectivity index (χ1) is 15.0. The minimum atomic E-state index is -4.36. The predicted molar refractivity (Wildman–Crippen MR) is 118 cm³/mol. The van der Waals surface area contributed by atoms with Gasteiger partial charge in [0.25, 0.3) is 0 Å². The molecule has 0 aliphatic carbocycles. The fourth-order valence-electron chi connectivity index (χ4n) is 4.64. The highest BCUT2D eigenvalue weighted by Gasteiger charge is 2.48. The largest absolute Gasteiger partial charge is 0.410 e. The number of anilines is 1. The van der Waals surface area contributed by atoms with Crippen LogP contribution in [0.25, 0.3) is 0 Å². The maximum Gasteiger partial charge on any atom is 0.410 e. The van der Waals surface area contributed by atoms with Gasteiger partial charge < -0.3 is 10.2 Å². The summed E-state index contributed by atoms with van der Waals surface area (Å²) in [6.07, 6.45) is -2.58. The predicted octanol–water partition coefficient (Wildman–Crippen LogP) is 5.17. The number of halogens is 3. The number of amides is 1. The molecule has 3 unspecified atom stereocenters. The number of hydrogen-bond acceptors (Lipinski definition) is 3. The maximum absolute atomic E-state index is 13.8. The van der Waals surface area contributed by atoms with Crippen molar-refractivity contribution in [1.29, 1.82) is 0 Å². The van der Waals surface area contributed by atoms with Crippen LogP contribution in [0.1, 0.15) is 63.3 Å². The molecule has 8 heteroatoms. The molecular weight excluding hydrogens is 417 g/mol. The van der Waals surface area contributed by atoms with E-state index in [1.807, 2.05) is 56.0 Å². The van der Waals surface area contributed by atoms with Crippen LogP contribution in [0.4, 0.5) is 19.0 Å². The molecule has 174 valence electrons. The number of aromatic nitrogens is 2. The van der Waals surface area contributed by atoms with Crippen LogP contribution in [0.3, 0.4) is 0 Å². The first-order valence-corrected chi connectivity index (χ1v) is 11.3. The van der Waals surface area contributed by atoms with E-state index in [1.54, 1.807) is 6.07 Å². The van der Waals surface area contributed by atoms with Crippen molar-refractivity contribution in [2.75, 3.05) is 18.4 Å². The Balaban J connectivity index is 1.45. The summed E-state index contributed by atoms with van der Waals surface area (Å²) in [6, 6.07) is 9.68. The molecule has 2 aliphatic rings. The third-order valence-corrected chi connectivity index (χ3v) is 6.68. The first kappa shape index (κ1) is 22.7. The van der Waals surface area contributed by atoms with E-state index in [2.05, 4.69) is 10.4 Å². The molecule has 0 saturated carbocycles. The van der Waals surface area contributed by atoms with Crippen LogP contribution in [0, 0.1) is 5.41 Å². The van der Waals surface area contributed by atoms with E-state index in [-0.39, 0.29) is 29.7 Å². The zero-order chi connectivity index (χ0) is 23.1. The number of carbonyl (C=O) groups is 1. The van der Waals surface area contributed by atoms with Gasteiger partial charge >= 0.3 is 6.18 Å². The molecule has 5 nitrogen and oxygen atoms in total. The van der Waals surface area contributed by atoms with E-state index in [0.717, 1.165) is 10.2 Å². The van der Waals surface area contributed by atoms with Crippen molar-refractivity contribution in [2.45, 2.75) is 70.6 Å². The van der Waals surface area contributed by atoms with Gasteiger partial charge in [-0.15, -0.1) is 0 Å². The Kier molecular flexibility index (Phi) is 5.98. The summed E-state index contributed by atoms with van der Waals surface area (Å²) in [4.78, 5) is 14.5. The van der Waals surface area contributed by atoms with E-state index in [9.17, 15) is 18.0 Å². The number of benzene rings is 1. The Hall–Kier alpha value is -2.51. The molecule has 0 bridgehead atoms. The molecule has 1 saturated heterocycles. The quantitative estimate of drug-likeness (QED) is 0.703. The van der Waals surface area contributed by atoms with E-state index < -0.39 is 12.2 Å². The van der Waals surface area contributed by atoms with Gasteiger partial charge in [-0.1, -0.05) is 51.1 Å².